The molecule has 122 valence electrons. The van der Waals surface area contributed by atoms with E-state index in [9.17, 15) is 9.59 Å². The Bertz CT molecular complexity index is 509. The van der Waals surface area contributed by atoms with Crippen LogP contribution < -0.4 is 5.32 Å². The third-order valence-corrected chi connectivity index (χ3v) is 3.23. The van der Waals surface area contributed by atoms with Gasteiger partial charge in [0.05, 0.1) is 5.56 Å². The fraction of sp³-hybridized carbons (Fsp3) is 0.500. The zero-order valence-electron chi connectivity index (χ0n) is 13.7. The summed E-state index contributed by atoms with van der Waals surface area (Å²) in [5.41, 5.74) is 0.106. The van der Waals surface area contributed by atoms with E-state index in [1.807, 2.05) is 13.8 Å². The molecule has 5 nitrogen and oxygen atoms in total. The summed E-state index contributed by atoms with van der Waals surface area (Å²) >= 11 is 0. The van der Waals surface area contributed by atoms with Crippen LogP contribution in [0.3, 0.4) is 0 Å². The average Bonchev–Trinajstić information content (AvgIpc) is 2.35. The Morgan fingerprint density at radius 1 is 1.05 bits per heavy atom. The van der Waals surface area contributed by atoms with Crippen LogP contribution in [0.5, 0.6) is 0 Å². The van der Waals surface area contributed by atoms with Crippen molar-refractivity contribution in [3.05, 3.63) is 35.9 Å². The highest BCUT2D eigenvalue weighted by atomic mass is 31.1. The summed E-state index contributed by atoms with van der Waals surface area (Å²) in [4.78, 5) is 23.4. The molecule has 0 saturated carbocycles. The topological polar surface area (TPSA) is 64.6 Å². The van der Waals surface area contributed by atoms with Crippen molar-refractivity contribution in [3.63, 3.8) is 0 Å². The van der Waals surface area contributed by atoms with Gasteiger partial charge in [0.15, 0.2) is 0 Å². The molecular formula is C16H24NO4P. The van der Waals surface area contributed by atoms with Gasteiger partial charge in [0.25, 0.3) is 9.03 Å². The number of benzene rings is 1. The van der Waals surface area contributed by atoms with E-state index in [-0.39, 0.29) is 5.41 Å². The molecule has 0 aliphatic heterocycles. The molecule has 1 aromatic rings. The first-order valence-electron chi connectivity index (χ1n) is 7.09. The van der Waals surface area contributed by atoms with Crippen molar-refractivity contribution in [1.29, 1.82) is 0 Å². The van der Waals surface area contributed by atoms with Gasteiger partial charge in [0.2, 0.25) is 0 Å². The van der Waals surface area contributed by atoms with E-state index in [0.717, 1.165) is 6.42 Å². The van der Waals surface area contributed by atoms with Crippen LogP contribution in [-0.2, 0) is 9.05 Å². The highest BCUT2D eigenvalue weighted by Crippen LogP contribution is 2.27. The Labute approximate surface area is 133 Å². The number of carbonyl (C=O) groups excluding carboxylic acids is 2. The summed E-state index contributed by atoms with van der Waals surface area (Å²) in [6.45, 7) is 10.2. The second kappa shape index (κ2) is 7.59. The first-order valence-corrected chi connectivity index (χ1v) is 7.91. The lowest BCUT2D eigenvalue weighted by molar-refractivity contribution is 0.0744. The number of nitrogens with one attached hydrogen (secondary N) is 1. The standard InChI is InChI=1S/C16H24NO4P/c1-15(2,3)11-16(4,5)17-14(19)21-22-20-13(18)12-9-7-6-8-10-12/h6-10,22H,11H2,1-5H3,(H,17,19). The Morgan fingerprint density at radius 3 is 2.18 bits per heavy atom. The van der Waals surface area contributed by atoms with E-state index in [4.69, 9.17) is 9.05 Å². The Morgan fingerprint density at radius 2 is 1.64 bits per heavy atom. The molecule has 0 aliphatic rings. The van der Waals surface area contributed by atoms with Gasteiger partial charge in [0.1, 0.15) is 0 Å². The zero-order valence-corrected chi connectivity index (χ0v) is 14.7. The predicted octanol–water partition coefficient (Wildman–Crippen LogP) is 4.29. The fourth-order valence-corrected chi connectivity index (χ4v) is 2.76. The van der Waals surface area contributed by atoms with Gasteiger partial charge >= 0.3 is 12.1 Å². The number of amides is 1. The highest BCUT2D eigenvalue weighted by Gasteiger charge is 2.27. The largest absolute Gasteiger partial charge is 0.412 e. The maximum Gasteiger partial charge on any atom is 0.412 e. The molecule has 1 amide bonds. The van der Waals surface area contributed by atoms with Gasteiger partial charge in [-0.1, -0.05) is 39.0 Å². The smallest absolute Gasteiger partial charge is 0.405 e. The third-order valence-electron chi connectivity index (χ3n) is 2.69. The molecule has 0 aliphatic carbocycles. The molecule has 0 aromatic heterocycles. The molecule has 1 N–H and O–H groups in total. The van der Waals surface area contributed by atoms with Crippen molar-refractivity contribution >= 4 is 21.1 Å². The quantitative estimate of drug-likeness (QED) is 0.820. The van der Waals surface area contributed by atoms with Crippen molar-refractivity contribution in [3.8, 4) is 0 Å². The number of hydrogen-bond acceptors (Lipinski definition) is 4. The van der Waals surface area contributed by atoms with Gasteiger partial charge in [0, 0.05) is 5.54 Å². The zero-order chi connectivity index (χ0) is 16.8. The van der Waals surface area contributed by atoms with Crippen LogP contribution >= 0.6 is 9.03 Å². The Hall–Kier alpha value is -1.61. The molecule has 0 fully saturated rings. The van der Waals surface area contributed by atoms with Crippen LogP contribution in [0.15, 0.2) is 30.3 Å². The van der Waals surface area contributed by atoms with Gasteiger partial charge in [-0.25, -0.2) is 9.59 Å². The van der Waals surface area contributed by atoms with Crippen LogP contribution in [0.4, 0.5) is 4.79 Å². The number of carbonyl (C=O) groups is 2. The molecule has 22 heavy (non-hydrogen) atoms. The van der Waals surface area contributed by atoms with E-state index in [2.05, 4.69) is 26.1 Å². The van der Waals surface area contributed by atoms with Crippen molar-refractivity contribution in [2.24, 2.45) is 5.41 Å². The molecule has 0 saturated heterocycles. The molecule has 1 rings (SSSR count). The second-order valence-corrected chi connectivity index (χ2v) is 7.55. The van der Waals surface area contributed by atoms with Gasteiger partial charge in [-0.2, -0.15) is 0 Å². The first kappa shape index (κ1) is 18.4. The normalized spacial score (nSPS) is 12.2. The third kappa shape index (κ3) is 7.41. The monoisotopic (exact) mass is 325 g/mol. The van der Waals surface area contributed by atoms with Crippen molar-refractivity contribution in [2.45, 2.75) is 46.6 Å². The predicted molar refractivity (Wildman–Crippen MR) is 87.9 cm³/mol. The van der Waals surface area contributed by atoms with Crippen LogP contribution in [-0.4, -0.2) is 17.6 Å². The van der Waals surface area contributed by atoms with E-state index in [1.165, 1.54) is 0 Å². The molecule has 1 aromatic carbocycles. The van der Waals surface area contributed by atoms with Gasteiger partial charge in [-0.3, -0.25) is 0 Å². The van der Waals surface area contributed by atoms with E-state index in [0.29, 0.717) is 5.56 Å². The summed E-state index contributed by atoms with van der Waals surface area (Å²) in [6, 6.07) is 8.56. The molecule has 0 bridgehead atoms. The summed E-state index contributed by atoms with van der Waals surface area (Å²) in [7, 11) is -0.669. The molecule has 0 radical (unpaired) electrons. The minimum absolute atomic E-state index is 0.0822. The Kier molecular flexibility index (Phi) is 6.36. The molecular weight excluding hydrogens is 301 g/mol. The van der Waals surface area contributed by atoms with Gasteiger partial charge < -0.3 is 14.4 Å². The lowest BCUT2D eigenvalue weighted by Crippen LogP contribution is -2.45. The van der Waals surface area contributed by atoms with E-state index in [1.54, 1.807) is 30.3 Å². The Balaban J connectivity index is 2.36. The maximum absolute atomic E-state index is 11.7. The number of hydrogen-bond donors (Lipinski definition) is 1. The molecule has 0 heterocycles. The lowest BCUT2D eigenvalue weighted by Gasteiger charge is -2.32. The number of rotatable bonds is 5. The van der Waals surface area contributed by atoms with Gasteiger partial charge in [-0.15, -0.1) is 0 Å². The first-order chi connectivity index (χ1) is 10.1. The summed E-state index contributed by atoms with van der Waals surface area (Å²) < 4.78 is 9.84. The second-order valence-electron chi connectivity index (χ2n) is 6.97. The fourth-order valence-electron chi connectivity index (χ4n) is 2.40. The van der Waals surface area contributed by atoms with Crippen LogP contribution in [0, 0.1) is 5.41 Å². The maximum atomic E-state index is 11.7. The van der Waals surface area contributed by atoms with E-state index < -0.39 is 26.6 Å². The summed E-state index contributed by atoms with van der Waals surface area (Å²) in [5.74, 6) is -0.513. The minimum Gasteiger partial charge on any atom is -0.405 e. The van der Waals surface area contributed by atoms with Crippen molar-refractivity contribution < 1.29 is 18.6 Å². The SMILES string of the molecule is CC(C)(C)CC(C)(C)NC(=O)OPOC(=O)c1ccccc1. The summed E-state index contributed by atoms with van der Waals surface area (Å²) in [5, 5.41) is 2.78. The van der Waals surface area contributed by atoms with Crippen LogP contribution in [0.1, 0.15) is 51.4 Å². The minimum atomic E-state index is -0.669. The molecule has 0 spiro atoms. The molecule has 6 heteroatoms. The van der Waals surface area contributed by atoms with Crippen molar-refractivity contribution in [1.82, 2.24) is 5.32 Å². The average molecular weight is 325 g/mol. The highest BCUT2D eigenvalue weighted by molar-refractivity contribution is 7.27. The molecule has 1 atom stereocenters. The summed E-state index contributed by atoms with van der Waals surface area (Å²) in [6.07, 6.45) is 0.204. The van der Waals surface area contributed by atoms with E-state index >= 15 is 0 Å². The lowest BCUT2D eigenvalue weighted by atomic mass is 9.82. The van der Waals surface area contributed by atoms with Crippen molar-refractivity contribution in [2.75, 3.05) is 0 Å². The van der Waals surface area contributed by atoms with Crippen LogP contribution in [0.25, 0.3) is 0 Å². The molecule has 1 unspecified atom stereocenters. The van der Waals surface area contributed by atoms with Gasteiger partial charge in [-0.05, 0) is 37.8 Å². The van der Waals surface area contributed by atoms with Crippen LogP contribution in [0.2, 0.25) is 0 Å².